The molecule has 0 unspecified atom stereocenters. The van der Waals surface area contributed by atoms with E-state index in [0.29, 0.717) is 27.6 Å². The minimum absolute atomic E-state index is 0.0194. The summed E-state index contributed by atoms with van der Waals surface area (Å²) in [5, 5.41) is 3.02. The second-order valence-corrected chi connectivity index (χ2v) is 13.6. The lowest BCUT2D eigenvalue weighted by Crippen LogP contribution is -2.25. The van der Waals surface area contributed by atoms with E-state index in [9.17, 15) is 26.0 Å². The molecule has 0 aliphatic rings. The maximum absolute atomic E-state index is 13.7. The number of nitrogens with one attached hydrogen (secondary N) is 2. The summed E-state index contributed by atoms with van der Waals surface area (Å²) in [7, 11) is -4.62. The van der Waals surface area contributed by atoms with Crippen LogP contribution in [0.2, 0.25) is 0 Å². The first-order valence-corrected chi connectivity index (χ1v) is 16.4. The highest BCUT2D eigenvalue weighted by Gasteiger charge is 2.26. The van der Waals surface area contributed by atoms with Gasteiger partial charge in [0.05, 0.1) is 22.4 Å². The third-order valence-corrected chi connectivity index (χ3v) is 9.57. The van der Waals surface area contributed by atoms with Crippen molar-refractivity contribution in [2.75, 3.05) is 24.7 Å². The van der Waals surface area contributed by atoms with Gasteiger partial charge in [0, 0.05) is 43.2 Å². The first-order valence-electron chi connectivity index (χ1n) is 13.1. The van der Waals surface area contributed by atoms with Gasteiger partial charge in [0.15, 0.2) is 0 Å². The monoisotopic (exact) mass is 621 g/mol. The topological polar surface area (TPSA) is 126 Å². The van der Waals surface area contributed by atoms with Crippen molar-refractivity contribution in [3.63, 3.8) is 0 Å². The molecule has 1 aromatic heterocycles. The van der Waals surface area contributed by atoms with E-state index in [4.69, 9.17) is 4.42 Å². The molecule has 5 aromatic rings. The number of amides is 1. The van der Waals surface area contributed by atoms with Gasteiger partial charge in [-0.3, -0.25) is 9.10 Å². The summed E-state index contributed by atoms with van der Waals surface area (Å²) in [4.78, 5) is 13.2. The Hall–Kier alpha value is -4.52. The zero-order valence-electron chi connectivity index (χ0n) is 23.5. The Kier molecular flexibility index (Phi) is 8.10. The van der Waals surface area contributed by atoms with Gasteiger partial charge in [0.2, 0.25) is 20.0 Å². The molecule has 0 spiro atoms. The van der Waals surface area contributed by atoms with Crippen LogP contribution in [0, 0.1) is 5.82 Å². The second kappa shape index (κ2) is 11.6. The van der Waals surface area contributed by atoms with Crippen LogP contribution in [0.25, 0.3) is 33.4 Å². The first-order chi connectivity index (χ1) is 20.4. The van der Waals surface area contributed by atoms with Crippen molar-refractivity contribution in [1.82, 2.24) is 10.0 Å². The van der Waals surface area contributed by atoms with Gasteiger partial charge in [-0.15, -0.1) is 0 Å². The van der Waals surface area contributed by atoms with Crippen LogP contribution in [-0.2, 0) is 26.6 Å². The molecule has 1 amide bonds. The lowest BCUT2D eigenvalue weighted by atomic mass is 9.97. The molecular formula is C31H28FN3O6S2. The molecule has 0 radical (unpaired) electrons. The molecule has 2 N–H and O–H groups in total. The van der Waals surface area contributed by atoms with Crippen LogP contribution in [0.15, 0.2) is 100 Å². The number of anilines is 1. The molecule has 0 aliphatic carbocycles. The number of hydrogen-bond acceptors (Lipinski definition) is 6. The standard InChI is InChI=1S/C31H28FN3O6S2/c1-33-31(36)29-26-17-25(22-9-7-8-20(16-22)19-34-43(39,40)24-10-5-4-6-11-24)27(35(2)42(3,37)38)18-28(26)41-30(29)21-12-14-23(32)15-13-21/h4-18,34H,19H2,1-3H3,(H,33,36). The van der Waals surface area contributed by atoms with Gasteiger partial charge in [-0.2, -0.15) is 0 Å². The summed E-state index contributed by atoms with van der Waals surface area (Å²) >= 11 is 0. The Balaban J connectivity index is 1.66. The minimum Gasteiger partial charge on any atom is -0.455 e. The normalized spacial score (nSPS) is 11.9. The van der Waals surface area contributed by atoms with Crippen LogP contribution in [0.4, 0.5) is 10.1 Å². The smallest absolute Gasteiger partial charge is 0.255 e. The highest BCUT2D eigenvalue weighted by Crippen LogP contribution is 2.41. The van der Waals surface area contributed by atoms with Crippen molar-refractivity contribution in [3.8, 4) is 22.5 Å². The third kappa shape index (κ3) is 6.17. The SMILES string of the molecule is CNC(=O)c1c(-c2ccc(F)cc2)oc2cc(N(C)S(C)(=O)=O)c(-c3cccc(CNS(=O)(=O)c4ccccc4)c3)cc12. The molecule has 5 rings (SSSR count). The zero-order valence-corrected chi connectivity index (χ0v) is 25.1. The Labute approximate surface area is 249 Å². The summed E-state index contributed by atoms with van der Waals surface area (Å²) < 4.78 is 74.3. The van der Waals surface area contributed by atoms with Gasteiger partial charge in [-0.25, -0.2) is 25.9 Å². The average molecular weight is 622 g/mol. The van der Waals surface area contributed by atoms with Gasteiger partial charge < -0.3 is 9.73 Å². The predicted octanol–water partition coefficient (Wildman–Crippen LogP) is 5.14. The molecule has 0 atom stereocenters. The summed E-state index contributed by atoms with van der Waals surface area (Å²) in [6.45, 7) is -0.0194. The molecule has 0 aliphatic heterocycles. The van der Waals surface area contributed by atoms with Gasteiger partial charge in [0.1, 0.15) is 17.2 Å². The van der Waals surface area contributed by atoms with E-state index < -0.39 is 31.8 Å². The average Bonchev–Trinajstić information content (AvgIpc) is 3.37. The van der Waals surface area contributed by atoms with Crippen molar-refractivity contribution in [3.05, 3.63) is 108 Å². The van der Waals surface area contributed by atoms with Gasteiger partial charge in [0.25, 0.3) is 5.91 Å². The van der Waals surface area contributed by atoms with Crippen molar-refractivity contribution < 1.29 is 30.4 Å². The Morgan fingerprint density at radius 3 is 2.23 bits per heavy atom. The Morgan fingerprint density at radius 2 is 1.58 bits per heavy atom. The quantitative estimate of drug-likeness (QED) is 0.235. The highest BCUT2D eigenvalue weighted by molar-refractivity contribution is 7.92. The van der Waals surface area contributed by atoms with Crippen LogP contribution in [0.3, 0.4) is 0 Å². The predicted molar refractivity (Wildman–Crippen MR) is 164 cm³/mol. The lowest BCUT2D eigenvalue weighted by Gasteiger charge is -2.21. The molecule has 43 heavy (non-hydrogen) atoms. The van der Waals surface area contributed by atoms with E-state index in [1.807, 2.05) is 0 Å². The maximum atomic E-state index is 13.7. The number of carbonyl (C=O) groups excluding carboxylic acids is 1. The van der Waals surface area contributed by atoms with Gasteiger partial charge in [-0.05, 0) is 59.7 Å². The number of halogens is 1. The van der Waals surface area contributed by atoms with Gasteiger partial charge >= 0.3 is 0 Å². The number of hydrogen-bond donors (Lipinski definition) is 2. The lowest BCUT2D eigenvalue weighted by molar-refractivity contribution is 0.0964. The van der Waals surface area contributed by atoms with E-state index in [0.717, 1.165) is 10.6 Å². The zero-order chi connectivity index (χ0) is 30.9. The largest absolute Gasteiger partial charge is 0.455 e. The summed E-state index contributed by atoms with van der Waals surface area (Å²) in [6, 6.07) is 23.7. The van der Waals surface area contributed by atoms with Gasteiger partial charge in [-0.1, -0.05) is 36.4 Å². The third-order valence-electron chi connectivity index (χ3n) is 6.96. The van der Waals surface area contributed by atoms with Crippen molar-refractivity contribution in [2.45, 2.75) is 11.4 Å². The number of fused-ring (bicyclic) bond motifs is 1. The fourth-order valence-electron chi connectivity index (χ4n) is 4.67. The van der Waals surface area contributed by atoms with Crippen LogP contribution >= 0.6 is 0 Å². The van der Waals surface area contributed by atoms with Crippen molar-refractivity contribution in [1.29, 1.82) is 0 Å². The summed E-state index contributed by atoms with van der Waals surface area (Å²) in [5.74, 6) is -0.701. The minimum atomic E-state index is -3.77. The summed E-state index contributed by atoms with van der Waals surface area (Å²) in [6.07, 6.45) is 1.07. The molecule has 4 aromatic carbocycles. The van der Waals surface area contributed by atoms with E-state index in [2.05, 4.69) is 10.0 Å². The van der Waals surface area contributed by atoms with Crippen molar-refractivity contribution >= 4 is 42.6 Å². The molecule has 222 valence electrons. The maximum Gasteiger partial charge on any atom is 0.255 e. The number of nitrogens with zero attached hydrogens (tertiary/aromatic N) is 1. The summed E-state index contributed by atoms with van der Waals surface area (Å²) in [5.41, 5.74) is 2.85. The molecule has 1 heterocycles. The molecule has 0 saturated heterocycles. The fraction of sp³-hybridized carbons (Fsp3) is 0.129. The second-order valence-electron chi connectivity index (χ2n) is 9.83. The van der Waals surface area contributed by atoms with E-state index >= 15 is 0 Å². The molecule has 0 fully saturated rings. The van der Waals surface area contributed by atoms with Crippen LogP contribution in [0.1, 0.15) is 15.9 Å². The molecule has 0 saturated carbocycles. The Bertz CT molecular complexity index is 2040. The number of benzene rings is 4. The van der Waals surface area contributed by atoms with Crippen LogP contribution < -0.4 is 14.3 Å². The molecule has 0 bridgehead atoms. The molecule has 12 heteroatoms. The van der Waals surface area contributed by atoms with Crippen LogP contribution in [0.5, 0.6) is 0 Å². The van der Waals surface area contributed by atoms with E-state index in [1.54, 1.807) is 48.5 Å². The Morgan fingerprint density at radius 1 is 0.884 bits per heavy atom. The fourth-order valence-corrected chi connectivity index (χ4v) is 6.21. The highest BCUT2D eigenvalue weighted by atomic mass is 32.2. The number of rotatable bonds is 9. The van der Waals surface area contributed by atoms with E-state index in [1.165, 1.54) is 56.6 Å². The number of furan rings is 1. The number of sulfonamides is 2. The van der Waals surface area contributed by atoms with Crippen LogP contribution in [-0.4, -0.2) is 43.1 Å². The van der Waals surface area contributed by atoms with Crippen molar-refractivity contribution in [2.24, 2.45) is 0 Å². The molecule has 9 nitrogen and oxygen atoms in total. The number of carbonyl (C=O) groups is 1. The van der Waals surface area contributed by atoms with E-state index in [-0.39, 0.29) is 34.0 Å². The molecular weight excluding hydrogens is 593 g/mol. The first kappa shape index (κ1) is 30.0.